The molecule has 1 fully saturated rings. The molecule has 0 unspecified atom stereocenters. The summed E-state index contributed by atoms with van der Waals surface area (Å²) in [6.45, 7) is 6.44. The third-order valence-corrected chi connectivity index (χ3v) is 7.25. The highest BCUT2D eigenvalue weighted by Gasteiger charge is 2.45. The van der Waals surface area contributed by atoms with E-state index in [4.69, 9.17) is 11.6 Å². The van der Waals surface area contributed by atoms with Crippen LogP contribution in [0.2, 0.25) is 5.02 Å². The van der Waals surface area contributed by atoms with E-state index >= 15 is 0 Å². The molecule has 1 aliphatic rings. The molecule has 35 heavy (non-hydrogen) atoms. The lowest BCUT2D eigenvalue weighted by atomic mass is 9.73. The van der Waals surface area contributed by atoms with Crippen LogP contribution in [0.15, 0.2) is 36.4 Å². The first-order valence-corrected chi connectivity index (χ1v) is 11.8. The van der Waals surface area contributed by atoms with Crippen LogP contribution >= 0.6 is 11.6 Å². The Labute approximate surface area is 207 Å². The van der Waals surface area contributed by atoms with Crippen LogP contribution in [-0.4, -0.2) is 44.2 Å². The molecule has 1 saturated heterocycles. The molecule has 0 aliphatic carbocycles. The molecule has 0 saturated carbocycles. The van der Waals surface area contributed by atoms with E-state index in [1.54, 1.807) is 18.2 Å². The second kappa shape index (κ2) is 9.54. The maximum absolute atomic E-state index is 14.7. The molecule has 3 N–H and O–H groups in total. The van der Waals surface area contributed by atoms with Gasteiger partial charge in [0.1, 0.15) is 17.5 Å². The van der Waals surface area contributed by atoms with Gasteiger partial charge in [0.05, 0.1) is 16.1 Å². The van der Waals surface area contributed by atoms with Crippen LogP contribution in [-0.2, 0) is 16.8 Å². The van der Waals surface area contributed by atoms with Crippen molar-refractivity contribution in [1.82, 2.24) is 20.1 Å². The monoisotopic (exact) mass is 503 g/mol. The van der Waals surface area contributed by atoms with Crippen molar-refractivity contribution in [2.75, 3.05) is 18.4 Å². The fourth-order valence-corrected chi connectivity index (χ4v) is 4.89. The molecular weight excluding hydrogens is 476 g/mol. The molecule has 7 nitrogen and oxygen atoms in total. The molecule has 1 aromatic carbocycles. The van der Waals surface area contributed by atoms with Crippen molar-refractivity contribution in [2.24, 2.45) is 5.41 Å². The Balaban J connectivity index is 1.53. The number of pyridine rings is 1. The summed E-state index contributed by atoms with van der Waals surface area (Å²) in [5.74, 6) is -1.12. The third kappa shape index (κ3) is 5.01. The van der Waals surface area contributed by atoms with Gasteiger partial charge in [0, 0.05) is 42.4 Å². The average Bonchev–Trinajstić information content (AvgIpc) is 3.22. The van der Waals surface area contributed by atoms with Crippen molar-refractivity contribution in [2.45, 2.75) is 45.6 Å². The van der Waals surface area contributed by atoms with Gasteiger partial charge in [-0.2, -0.15) is 5.10 Å². The van der Waals surface area contributed by atoms with Crippen LogP contribution in [0.4, 0.5) is 20.4 Å². The molecule has 0 atom stereocenters. The average molecular weight is 504 g/mol. The van der Waals surface area contributed by atoms with Crippen molar-refractivity contribution < 1.29 is 18.7 Å². The number of likely N-dealkylation sites (tertiary alicyclic amines) is 1. The molecule has 0 spiro atoms. The number of nitrogens with one attached hydrogen (secondary N) is 2. The minimum Gasteiger partial charge on any atom is -0.481 e. The van der Waals surface area contributed by atoms with Gasteiger partial charge in [0.2, 0.25) is 0 Å². The summed E-state index contributed by atoms with van der Waals surface area (Å²) >= 11 is 5.99. The normalized spacial score (nSPS) is 16.3. The minimum absolute atomic E-state index is 0.0486. The van der Waals surface area contributed by atoms with Crippen molar-refractivity contribution >= 4 is 29.2 Å². The number of aliphatic carboxylic acids is 1. The SMILES string of the molecule is Cc1cc(Nc2ccc(F)c(CC3(C(=O)O)CCN(C(C)(C)c4cccc(Cl)c4F)CC3)n2)n[nH]1. The first-order valence-electron chi connectivity index (χ1n) is 11.4. The maximum atomic E-state index is 14.7. The van der Waals surface area contributed by atoms with Crippen LogP contribution in [0.1, 0.15) is 43.6 Å². The lowest BCUT2D eigenvalue weighted by Gasteiger charge is -2.46. The van der Waals surface area contributed by atoms with Crippen molar-refractivity contribution in [1.29, 1.82) is 0 Å². The second-order valence-corrected chi connectivity index (χ2v) is 10.0. The fraction of sp³-hybridized carbons (Fsp3) is 0.400. The minimum atomic E-state index is -1.19. The summed E-state index contributed by atoms with van der Waals surface area (Å²) in [6.07, 6.45) is 0.486. The number of benzene rings is 1. The molecule has 2 aromatic heterocycles. The van der Waals surface area contributed by atoms with Crippen LogP contribution in [0, 0.1) is 24.0 Å². The summed E-state index contributed by atoms with van der Waals surface area (Å²) in [7, 11) is 0. The van der Waals surface area contributed by atoms with Crippen molar-refractivity contribution in [3.05, 3.63) is 70.0 Å². The van der Waals surface area contributed by atoms with E-state index in [2.05, 4.69) is 20.5 Å². The number of piperidine rings is 1. The third-order valence-electron chi connectivity index (χ3n) is 6.96. The standard InChI is InChI=1S/C25H28ClF2N5O2/c1-15-13-21(32-31-15)30-20-8-7-18(27)19(29-20)14-25(23(34)35)9-11-33(12-10-25)24(2,3)16-5-4-6-17(26)22(16)28/h4-8,13H,9-12,14H2,1-3H3,(H,34,35)(H2,29,30,31,32). The Kier molecular flexibility index (Phi) is 6.83. The van der Waals surface area contributed by atoms with Gasteiger partial charge >= 0.3 is 5.97 Å². The smallest absolute Gasteiger partial charge is 0.310 e. The highest BCUT2D eigenvalue weighted by atomic mass is 35.5. The zero-order valence-electron chi connectivity index (χ0n) is 19.8. The number of aromatic nitrogens is 3. The number of aryl methyl sites for hydroxylation is 1. The number of halogens is 3. The number of hydrogen-bond donors (Lipinski definition) is 3. The first-order chi connectivity index (χ1) is 16.5. The highest BCUT2D eigenvalue weighted by molar-refractivity contribution is 6.30. The number of anilines is 2. The lowest BCUT2D eigenvalue weighted by molar-refractivity contribution is -0.153. The van der Waals surface area contributed by atoms with E-state index in [1.807, 2.05) is 25.7 Å². The largest absolute Gasteiger partial charge is 0.481 e. The number of hydrogen-bond acceptors (Lipinski definition) is 5. The summed E-state index contributed by atoms with van der Waals surface area (Å²) in [4.78, 5) is 18.8. The number of aromatic amines is 1. The Bertz CT molecular complexity index is 1240. The molecule has 3 aromatic rings. The lowest BCUT2D eigenvalue weighted by Crippen LogP contribution is -2.52. The number of carbonyl (C=O) groups is 1. The van der Waals surface area contributed by atoms with Gasteiger partial charge in [0.25, 0.3) is 0 Å². The summed E-state index contributed by atoms with van der Waals surface area (Å²) in [5, 5.41) is 20.1. The number of carboxylic acid groups (broad SMARTS) is 1. The highest BCUT2D eigenvalue weighted by Crippen LogP contribution is 2.41. The van der Waals surface area contributed by atoms with Crippen LogP contribution in [0.3, 0.4) is 0 Å². The Morgan fingerprint density at radius 3 is 2.57 bits per heavy atom. The van der Waals surface area contributed by atoms with Gasteiger partial charge in [-0.3, -0.25) is 14.8 Å². The van der Waals surface area contributed by atoms with Gasteiger partial charge in [-0.05, 0) is 51.8 Å². The second-order valence-electron chi connectivity index (χ2n) is 9.60. The number of H-pyrrole nitrogens is 1. The van der Waals surface area contributed by atoms with Gasteiger partial charge in [0.15, 0.2) is 5.82 Å². The predicted octanol–water partition coefficient (Wildman–Crippen LogP) is 5.43. The number of rotatable bonds is 7. The van der Waals surface area contributed by atoms with E-state index in [0.717, 1.165) is 5.69 Å². The van der Waals surface area contributed by atoms with Gasteiger partial charge in [-0.15, -0.1) is 0 Å². The van der Waals surface area contributed by atoms with Gasteiger partial charge in [-0.1, -0.05) is 23.7 Å². The zero-order chi connectivity index (χ0) is 25.4. The molecule has 0 radical (unpaired) electrons. The fourth-order valence-electron chi connectivity index (χ4n) is 4.72. The van der Waals surface area contributed by atoms with Crippen LogP contribution < -0.4 is 5.32 Å². The van der Waals surface area contributed by atoms with Crippen molar-refractivity contribution in [3.63, 3.8) is 0 Å². The molecule has 0 bridgehead atoms. The molecule has 0 amide bonds. The van der Waals surface area contributed by atoms with Crippen LogP contribution in [0.5, 0.6) is 0 Å². The predicted molar refractivity (Wildman–Crippen MR) is 130 cm³/mol. The summed E-state index contributed by atoms with van der Waals surface area (Å²) in [6, 6.07) is 9.44. The zero-order valence-corrected chi connectivity index (χ0v) is 20.6. The Morgan fingerprint density at radius 1 is 1.23 bits per heavy atom. The van der Waals surface area contributed by atoms with Gasteiger partial charge in [-0.25, -0.2) is 13.8 Å². The topological polar surface area (TPSA) is 94.1 Å². The van der Waals surface area contributed by atoms with E-state index < -0.39 is 28.6 Å². The van der Waals surface area contributed by atoms with Crippen molar-refractivity contribution in [3.8, 4) is 0 Å². The van der Waals surface area contributed by atoms with E-state index in [-0.39, 0.29) is 30.0 Å². The van der Waals surface area contributed by atoms with E-state index in [1.165, 1.54) is 18.2 Å². The summed E-state index contributed by atoms with van der Waals surface area (Å²) in [5.41, 5.74) is -0.498. The summed E-state index contributed by atoms with van der Waals surface area (Å²) < 4.78 is 29.4. The molecule has 4 rings (SSSR count). The molecule has 186 valence electrons. The Morgan fingerprint density at radius 2 is 1.94 bits per heavy atom. The molecule has 10 heteroatoms. The number of carboxylic acids is 1. The van der Waals surface area contributed by atoms with E-state index in [9.17, 15) is 18.7 Å². The first kappa shape index (κ1) is 25.1. The Hall–Kier alpha value is -3.04. The molecule has 1 aliphatic heterocycles. The number of nitrogens with zero attached hydrogens (tertiary/aromatic N) is 3. The van der Waals surface area contributed by atoms with E-state index in [0.29, 0.717) is 30.3 Å². The van der Waals surface area contributed by atoms with Gasteiger partial charge < -0.3 is 10.4 Å². The quantitative estimate of drug-likeness (QED) is 0.398. The molecular formula is C25H28ClF2N5O2. The van der Waals surface area contributed by atoms with Crippen LogP contribution in [0.25, 0.3) is 0 Å². The molecule has 3 heterocycles. The maximum Gasteiger partial charge on any atom is 0.310 e.